The molecule has 32 heavy (non-hydrogen) atoms. The molecule has 0 bridgehead atoms. The van der Waals surface area contributed by atoms with Crippen molar-refractivity contribution in [1.82, 2.24) is 0 Å². The van der Waals surface area contributed by atoms with Gasteiger partial charge in [0, 0.05) is 22.8 Å². The van der Waals surface area contributed by atoms with Crippen molar-refractivity contribution in [2.75, 3.05) is 13.7 Å². The minimum absolute atomic E-state index is 0.200. The Hall–Kier alpha value is -3.53. The fourth-order valence-electron chi connectivity index (χ4n) is 3.52. The first kappa shape index (κ1) is 23.1. The highest BCUT2D eigenvalue weighted by Gasteiger charge is 2.28. The molecule has 0 heterocycles. The van der Waals surface area contributed by atoms with Gasteiger partial charge in [-0.3, -0.25) is 4.99 Å². The third kappa shape index (κ3) is 5.58. The minimum Gasteiger partial charge on any atom is -0.507 e. The van der Waals surface area contributed by atoms with Crippen LogP contribution >= 0.6 is 0 Å². The summed E-state index contributed by atoms with van der Waals surface area (Å²) in [5.41, 5.74) is 2.86. The molecule has 0 atom stereocenters. The van der Waals surface area contributed by atoms with Crippen LogP contribution in [0.15, 0.2) is 84.4 Å². The SMILES string of the molecule is C=CCCCOc1ccc(N=Cc2cc(OC)cc(C(C)(C)c3ccccc3)c2O)cc1. The van der Waals surface area contributed by atoms with Gasteiger partial charge in [0.05, 0.1) is 19.4 Å². The van der Waals surface area contributed by atoms with Gasteiger partial charge < -0.3 is 14.6 Å². The fourth-order valence-corrected chi connectivity index (χ4v) is 3.52. The number of hydrogen-bond donors (Lipinski definition) is 1. The Bertz CT molecular complexity index is 1050. The summed E-state index contributed by atoms with van der Waals surface area (Å²) in [5.74, 6) is 1.68. The summed E-state index contributed by atoms with van der Waals surface area (Å²) in [6.45, 7) is 8.55. The molecule has 0 radical (unpaired) electrons. The Labute approximate surface area is 190 Å². The molecule has 0 amide bonds. The van der Waals surface area contributed by atoms with E-state index in [1.165, 1.54) is 0 Å². The lowest BCUT2D eigenvalue weighted by atomic mass is 9.77. The largest absolute Gasteiger partial charge is 0.507 e. The van der Waals surface area contributed by atoms with Crippen molar-refractivity contribution in [3.63, 3.8) is 0 Å². The van der Waals surface area contributed by atoms with E-state index < -0.39 is 5.41 Å². The first-order valence-electron chi connectivity index (χ1n) is 10.8. The van der Waals surface area contributed by atoms with Gasteiger partial charge >= 0.3 is 0 Å². The van der Waals surface area contributed by atoms with E-state index in [1.54, 1.807) is 19.4 Å². The molecule has 0 aliphatic rings. The zero-order chi connectivity index (χ0) is 23.0. The van der Waals surface area contributed by atoms with Gasteiger partial charge in [-0.1, -0.05) is 50.3 Å². The van der Waals surface area contributed by atoms with Crippen molar-refractivity contribution in [2.45, 2.75) is 32.1 Å². The van der Waals surface area contributed by atoms with Gasteiger partial charge in [-0.05, 0) is 54.8 Å². The number of rotatable bonds is 10. The van der Waals surface area contributed by atoms with Crippen LogP contribution in [0.1, 0.15) is 43.4 Å². The zero-order valence-corrected chi connectivity index (χ0v) is 19.0. The number of ether oxygens (including phenoxy) is 2. The molecule has 0 saturated heterocycles. The predicted octanol–water partition coefficient (Wildman–Crippen LogP) is 6.82. The Morgan fingerprint density at radius 1 is 1.00 bits per heavy atom. The van der Waals surface area contributed by atoms with Crippen LogP contribution in [0.5, 0.6) is 17.2 Å². The second-order valence-electron chi connectivity index (χ2n) is 8.14. The number of aliphatic imine (C=N–C) groups is 1. The number of unbranched alkanes of at least 4 members (excludes halogenated alkanes) is 1. The number of phenolic OH excluding ortho intramolecular Hbond substituents is 1. The first-order chi connectivity index (χ1) is 15.5. The number of allylic oxidation sites excluding steroid dienone is 1. The molecule has 3 aromatic rings. The topological polar surface area (TPSA) is 51.0 Å². The summed E-state index contributed by atoms with van der Waals surface area (Å²) in [6, 6.07) is 21.4. The molecule has 0 spiro atoms. The lowest BCUT2D eigenvalue weighted by molar-refractivity contribution is 0.312. The van der Waals surface area contributed by atoms with E-state index in [1.807, 2.05) is 54.6 Å². The molecule has 166 valence electrons. The smallest absolute Gasteiger partial charge is 0.128 e. The van der Waals surface area contributed by atoms with Crippen molar-refractivity contribution in [3.05, 3.63) is 96.1 Å². The molecule has 0 unspecified atom stereocenters. The van der Waals surface area contributed by atoms with E-state index in [0.717, 1.165) is 35.4 Å². The number of aromatic hydroxyl groups is 1. The molecule has 4 nitrogen and oxygen atoms in total. The average Bonchev–Trinajstić information content (AvgIpc) is 2.82. The van der Waals surface area contributed by atoms with Gasteiger partial charge in [-0.2, -0.15) is 0 Å². The standard InChI is InChI=1S/C28H31NO3/c1-5-6-10-17-32-24-15-13-23(14-16-24)29-20-21-18-25(31-4)19-26(27(21)30)28(2,3)22-11-8-7-9-12-22/h5,7-9,11-16,18-20,30H,1,6,10,17H2,2-4H3. The molecule has 4 heteroatoms. The van der Waals surface area contributed by atoms with Gasteiger partial charge in [0.25, 0.3) is 0 Å². The second kappa shape index (κ2) is 10.7. The van der Waals surface area contributed by atoms with Crippen LogP contribution in [-0.2, 0) is 5.41 Å². The average molecular weight is 430 g/mol. The van der Waals surface area contributed by atoms with E-state index >= 15 is 0 Å². The molecule has 3 rings (SSSR count). The van der Waals surface area contributed by atoms with Crippen molar-refractivity contribution < 1.29 is 14.6 Å². The highest BCUT2D eigenvalue weighted by Crippen LogP contribution is 2.40. The molecular formula is C28H31NO3. The van der Waals surface area contributed by atoms with Crippen LogP contribution in [-0.4, -0.2) is 25.0 Å². The van der Waals surface area contributed by atoms with Gasteiger partial charge in [-0.15, -0.1) is 6.58 Å². The molecule has 0 saturated carbocycles. The number of benzene rings is 3. The van der Waals surface area contributed by atoms with Gasteiger partial charge in [-0.25, -0.2) is 0 Å². The van der Waals surface area contributed by atoms with Crippen molar-refractivity contribution in [1.29, 1.82) is 0 Å². The van der Waals surface area contributed by atoms with Crippen molar-refractivity contribution >= 4 is 11.9 Å². The van der Waals surface area contributed by atoms with Crippen LogP contribution < -0.4 is 9.47 Å². The van der Waals surface area contributed by atoms with Crippen molar-refractivity contribution in [3.8, 4) is 17.2 Å². The normalized spacial score (nSPS) is 11.5. The summed E-state index contributed by atoms with van der Waals surface area (Å²) < 4.78 is 11.2. The monoisotopic (exact) mass is 429 g/mol. The summed E-state index contributed by atoms with van der Waals surface area (Å²) in [6.07, 6.45) is 5.44. The lowest BCUT2D eigenvalue weighted by Gasteiger charge is -2.28. The highest BCUT2D eigenvalue weighted by molar-refractivity contribution is 5.87. The highest BCUT2D eigenvalue weighted by atomic mass is 16.5. The Morgan fingerprint density at radius 3 is 2.38 bits per heavy atom. The van der Waals surface area contributed by atoms with E-state index in [9.17, 15) is 5.11 Å². The van der Waals surface area contributed by atoms with E-state index in [0.29, 0.717) is 17.9 Å². The number of nitrogens with zero attached hydrogens (tertiary/aromatic N) is 1. The quantitative estimate of drug-likeness (QED) is 0.218. The summed E-state index contributed by atoms with van der Waals surface area (Å²) in [5, 5.41) is 11.1. The summed E-state index contributed by atoms with van der Waals surface area (Å²) >= 11 is 0. The fraction of sp³-hybridized carbons (Fsp3) is 0.250. The Kier molecular flexibility index (Phi) is 7.72. The van der Waals surface area contributed by atoms with Crippen LogP contribution in [0.3, 0.4) is 0 Å². The maximum absolute atomic E-state index is 11.1. The third-order valence-electron chi connectivity index (χ3n) is 5.53. The lowest BCUT2D eigenvalue weighted by Crippen LogP contribution is -2.19. The molecule has 0 aliphatic carbocycles. The predicted molar refractivity (Wildman–Crippen MR) is 132 cm³/mol. The van der Waals surface area contributed by atoms with Crippen LogP contribution in [0.2, 0.25) is 0 Å². The zero-order valence-electron chi connectivity index (χ0n) is 19.0. The first-order valence-corrected chi connectivity index (χ1v) is 10.8. The maximum atomic E-state index is 11.1. The Morgan fingerprint density at radius 2 is 1.72 bits per heavy atom. The molecule has 0 aliphatic heterocycles. The maximum Gasteiger partial charge on any atom is 0.128 e. The molecule has 3 aromatic carbocycles. The minimum atomic E-state index is -0.410. The Balaban J connectivity index is 1.84. The second-order valence-corrected chi connectivity index (χ2v) is 8.14. The van der Waals surface area contributed by atoms with Crippen LogP contribution in [0, 0.1) is 0 Å². The number of phenols is 1. The van der Waals surface area contributed by atoms with Gasteiger partial charge in [0.15, 0.2) is 0 Å². The third-order valence-corrected chi connectivity index (χ3v) is 5.53. The van der Waals surface area contributed by atoms with Crippen molar-refractivity contribution in [2.24, 2.45) is 4.99 Å². The summed E-state index contributed by atoms with van der Waals surface area (Å²) in [7, 11) is 1.63. The molecule has 0 aromatic heterocycles. The van der Waals surface area contributed by atoms with Gasteiger partial charge in [0.2, 0.25) is 0 Å². The summed E-state index contributed by atoms with van der Waals surface area (Å²) in [4.78, 5) is 4.55. The van der Waals surface area contributed by atoms with E-state index in [4.69, 9.17) is 9.47 Å². The molecular weight excluding hydrogens is 398 g/mol. The number of hydrogen-bond acceptors (Lipinski definition) is 4. The molecule has 0 fully saturated rings. The van der Waals surface area contributed by atoms with Crippen LogP contribution in [0.4, 0.5) is 5.69 Å². The van der Waals surface area contributed by atoms with Crippen LogP contribution in [0.25, 0.3) is 0 Å². The van der Waals surface area contributed by atoms with Gasteiger partial charge in [0.1, 0.15) is 17.2 Å². The van der Waals surface area contributed by atoms with E-state index in [-0.39, 0.29) is 5.75 Å². The number of methoxy groups -OCH3 is 1. The van der Waals surface area contributed by atoms with E-state index in [2.05, 4.69) is 37.6 Å². The molecule has 1 N–H and O–H groups in total.